The number of hydrogen-bond acceptors (Lipinski definition) is 2. The largest absolute Gasteiger partial charge is 0.390 e. The molecule has 11 atom stereocenters. The Labute approximate surface area is 186 Å². The minimum absolute atomic E-state index is 0.249. The maximum Gasteiger partial charge on any atom is 0.0804 e. The first-order valence-corrected chi connectivity index (χ1v) is 13.4. The van der Waals surface area contributed by atoms with E-state index < -0.39 is 12.2 Å². The molecule has 0 aromatic rings. The van der Waals surface area contributed by atoms with Crippen LogP contribution >= 0.6 is 0 Å². The maximum absolute atomic E-state index is 10.5. The van der Waals surface area contributed by atoms with Crippen molar-refractivity contribution < 1.29 is 10.2 Å². The molecule has 4 aliphatic carbocycles. The predicted octanol–water partition coefficient (Wildman–Crippen LogP) is 6.69. The van der Waals surface area contributed by atoms with Crippen LogP contribution in [0, 0.1) is 58.2 Å². The summed E-state index contributed by atoms with van der Waals surface area (Å²) in [6, 6.07) is 0. The molecule has 0 radical (unpaired) electrons. The predicted molar refractivity (Wildman–Crippen MR) is 125 cm³/mol. The van der Waals surface area contributed by atoms with E-state index in [4.69, 9.17) is 0 Å². The number of aliphatic hydroxyl groups excluding tert-OH is 2. The standard InChI is InChI=1S/C28H50O2/c1-17(2)18(3)7-8-19(4)22-11-12-23-21-10-9-20-15-25(29)26(30)16-28(20,6)24(21)13-14-27(22,23)5/h17-26,29-30H,7-16H2,1-6H3/t18-,19+,20+,21-,22-,23+,24-,25-,26+,27-,28+/m0/s1. The van der Waals surface area contributed by atoms with Crippen molar-refractivity contribution in [3.05, 3.63) is 0 Å². The summed E-state index contributed by atoms with van der Waals surface area (Å²) in [6.07, 6.45) is 11.8. The summed E-state index contributed by atoms with van der Waals surface area (Å²) in [5, 5.41) is 20.8. The van der Waals surface area contributed by atoms with Gasteiger partial charge in [0, 0.05) is 0 Å². The molecular weight excluding hydrogens is 368 g/mol. The lowest BCUT2D eigenvalue weighted by Gasteiger charge is -2.61. The van der Waals surface area contributed by atoms with Crippen LogP contribution in [-0.2, 0) is 0 Å². The van der Waals surface area contributed by atoms with Gasteiger partial charge in [-0.3, -0.25) is 0 Å². The highest BCUT2D eigenvalue weighted by molar-refractivity contribution is 5.10. The Balaban J connectivity index is 1.47. The fourth-order valence-electron chi connectivity index (χ4n) is 9.31. The summed E-state index contributed by atoms with van der Waals surface area (Å²) in [6.45, 7) is 14.9. The van der Waals surface area contributed by atoms with Crippen LogP contribution < -0.4 is 0 Å². The van der Waals surface area contributed by atoms with Gasteiger partial charge in [-0.05, 0) is 110 Å². The van der Waals surface area contributed by atoms with Crippen molar-refractivity contribution in [2.75, 3.05) is 0 Å². The van der Waals surface area contributed by atoms with Gasteiger partial charge in [-0.1, -0.05) is 54.4 Å². The van der Waals surface area contributed by atoms with Gasteiger partial charge < -0.3 is 10.2 Å². The number of fused-ring (bicyclic) bond motifs is 5. The molecule has 4 fully saturated rings. The Morgan fingerprint density at radius 2 is 1.50 bits per heavy atom. The van der Waals surface area contributed by atoms with Crippen molar-refractivity contribution in [1.29, 1.82) is 0 Å². The molecule has 4 rings (SSSR count). The lowest BCUT2D eigenvalue weighted by molar-refractivity contribution is -0.160. The van der Waals surface area contributed by atoms with Gasteiger partial charge >= 0.3 is 0 Å². The van der Waals surface area contributed by atoms with Crippen molar-refractivity contribution in [3.63, 3.8) is 0 Å². The Hall–Kier alpha value is -0.0800. The Morgan fingerprint density at radius 1 is 0.800 bits per heavy atom. The van der Waals surface area contributed by atoms with Crippen molar-refractivity contribution >= 4 is 0 Å². The SMILES string of the molecule is CC(C)[C@@H](C)CC[C@@H](C)[C@@H]1CC[C@@H]2[C@@H]3CC[C@@H]4C[C@H](O)[C@H](O)C[C@@]4(C)[C@H]3CC[C@]21C. The average Bonchev–Trinajstić information content (AvgIpc) is 3.04. The van der Waals surface area contributed by atoms with Crippen molar-refractivity contribution in [3.8, 4) is 0 Å². The zero-order valence-corrected chi connectivity index (χ0v) is 20.7. The Morgan fingerprint density at radius 3 is 2.20 bits per heavy atom. The molecule has 4 aliphatic rings. The van der Waals surface area contributed by atoms with Crippen LogP contribution in [0.5, 0.6) is 0 Å². The van der Waals surface area contributed by atoms with E-state index >= 15 is 0 Å². The minimum atomic E-state index is -0.502. The van der Waals surface area contributed by atoms with E-state index in [2.05, 4.69) is 41.5 Å². The molecule has 4 saturated carbocycles. The topological polar surface area (TPSA) is 40.5 Å². The van der Waals surface area contributed by atoms with Gasteiger partial charge in [0.15, 0.2) is 0 Å². The molecule has 30 heavy (non-hydrogen) atoms. The molecule has 0 spiro atoms. The van der Waals surface area contributed by atoms with Gasteiger partial charge in [-0.25, -0.2) is 0 Å². The smallest absolute Gasteiger partial charge is 0.0804 e. The molecule has 0 aliphatic heterocycles. The van der Waals surface area contributed by atoms with E-state index in [-0.39, 0.29) is 5.41 Å². The van der Waals surface area contributed by atoms with Crippen LogP contribution in [0.3, 0.4) is 0 Å². The van der Waals surface area contributed by atoms with E-state index in [0.717, 1.165) is 54.3 Å². The summed E-state index contributed by atoms with van der Waals surface area (Å²) >= 11 is 0. The third-order valence-electron chi connectivity index (χ3n) is 11.7. The summed E-state index contributed by atoms with van der Waals surface area (Å²) in [4.78, 5) is 0. The third-order valence-corrected chi connectivity index (χ3v) is 11.7. The van der Waals surface area contributed by atoms with E-state index in [9.17, 15) is 10.2 Å². The summed E-state index contributed by atoms with van der Waals surface area (Å²) in [5.41, 5.74) is 0.789. The first-order chi connectivity index (χ1) is 14.1. The molecule has 174 valence electrons. The highest BCUT2D eigenvalue weighted by Crippen LogP contribution is 2.68. The van der Waals surface area contributed by atoms with Gasteiger partial charge in [0.1, 0.15) is 0 Å². The zero-order valence-electron chi connectivity index (χ0n) is 20.7. The molecule has 0 unspecified atom stereocenters. The van der Waals surface area contributed by atoms with Crippen LogP contribution in [0.4, 0.5) is 0 Å². The lowest BCUT2D eigenvalue weighted by atomic mass is 9.44. The van der Waals surface area contributed by atoms with Crippen LogP contribution in [0.25, 0.3) is 0 Å². The second-order valence-electron chi connectivity index (χ2n) is 13.2. The van der Waals surface area contributed by atoms with Gasteiger partial charge in [-0.15, -0.1) is 0 Å². The fourth-order valence-corrected chi connectivity index (χ4v) is 9.31. The summed E-state index contributed by atoms with van der Waals surface area (Å²) in [5.74, 6) is 6.56. The monoisotopic (exact) mass is 418 g/mol. The van der Waals surface area contributed by atoms with Gasteiger partial charge in [0.25, 0.3) is 0 Å². The number of aliphatic hydroxyl groups is 2. The molecular formula is C28H50O2. The minimum Gasteiger partial charge on any atom is -0.390 e. The number of rotatable bonds is 5. The Kier molecular flexibility index (Phi) is 6.44. The first kappa shape index (κ1) is 23.1. The molecule has 0 amide bonds. The molecule has 0 heterocycles. The number of hydrogen-bond donors (Lipinski definition) is 2. The van der Waals surface area contributed by atoms with E-state index in [0.29, 0.717) is 11.3 Å². The maximum atomic E-state index is 10.5. The molecule has 2 heteroatoms. The fraction of sp³-hybridized carbons (Fsp3) is 1.00. The van der Waals surface area contributed by atoms with Gasteiger partial charge in [0.2, 0.25) is 0 Å². The van der Waals surface area contributed by atoms with Crippen molar-refractivity contribution in [2.24, 2.45) is 58.2 Å². The van der Waals surface area contributed by atoms with Crippen LogP contribution in [0.2, 0.25) is 0 Å². The van der Waals surface area contributed by atoms with Gasteiger partial charge in [0.05, 0.1) is 12.2 Å². The quantitative estimate of drug-likeness (QED) is 0.522. The van der Waals surface area contributed by atoms with E-state index in [1.54, 1.807) is 0 Å². The second kappa shape index (κ2) is 8.36. The van der Waals surface area contributed by atoms with E-state index in [1.807, 2.05) is 0 Å². The normalized spacial score (nSPS) is 50.5. The van der Waals surface area contributed by atoms with Crippen LogP contribution in [0.1, 0.15) is 106 Å². The van der Waals surface area contributed by atoms with Gasteiger partial charge in [-0.2, -0.15) is 0 Å². The van der Waals surface area contributed by atoms with Crippen molar-refractivity contribution in [2.45, 2.75) is 118 Å². The molecule has 0 aromatic heterocycles. The highest BCUT2D eigenvalue weighted by atomic mass is 16.3. The van der Waals surface area contributed by atoms with Crippen LogP contribution in [0.15, 0.2) is 0 Å². The second-order valence-corrected chi connectivity index (χ2v) is 13.2. The first-order valence-electron chi connectivity index (χ1n) is 13.4. The molecule has 0 saturated heterocycles. The molecule has 2 nitrogen and oxygen atoms in total. The molecule has 0 aromatic carbocycles. The summed E-state index contributed by atoms with van der Waals surface area (Å²) in [7, 11) is 0. The lowest BCUT2D eigenvalue weighted by Crippen LogP contribution is -2.56. The summed E-state index contributed by atoms with van der Waals surface area (Å²) < 4.78 is 0. The molecule has 2 N–H and O–H groups in total. The van der Waals surface area contributed by atoms with Crippen molar-refractivity contribution in [1.82, 2.24) is 0 Å². The Bertz CT molecular complexity index is 601. The van der Waals surface area contributed by atoms with E-state index in [1.165, 1.54) is 51.4 Å². The third kappa shape index (κ3) is 3.70. The highest BCUT2D eigenvalue weighted by Gasteiger charge is 2.61. The van der Waals surface area contributed by atoms with Crippen LogP contribution in [-0.4, -0.2) is 22.4 Å². The average molecular weight is 419 g/mol. The zero-order chi connectivity index (χ0) is 21.8. The molecule has 0 bridgehead atoms.